The van der Waals surface area contributed by atoms with Gasteiger partial charge in [0.05, 0.1) is 12.5 Å². The summed E-state index contributed by atoms with van der Waals surface area (Å²) in [6.45, 7) is 9.53. The summed E-state index contributed by atoms with van der Waals surface area (Å²) in [6.07, 6.45) is 0.886. The van der Waals surface area contributed by atoms with E-state index >= 15 is 0 Å². The van der Waals surface area contributed by atoms with Crippen LogP contribution in [0.15, 0.2) is 0 Å². The second-order valence-corrected chi connectivity index (χ2v) is 5.87. The molecule has 18 heavy (non-hydrogen) atoms. The molecule has 1 aliphatic rings. The Morgan fingerprint density at radius 1 is 1.44 bits per heavy atom. The van der Waals surface area contributed by atoms with Gasteiger partial charge in [-0.25, -0.2) is 0 Å². The summed E-state index contributed by atoms with van der Waals surface area (Å²) in [5, 5.41) is 11.8. The highest BCUT2D eigenvalue weighted by molar-refractivity contribution is 5.79. The molecular formula is C13H24N2O3. The number of amides is 1. The number of hydrogen-bond acceptors (Lipinski definition) is 3. The molecule has 1 atom stereocenters. The van der Waals surface area contributed by atoms with Crippen LogP contribution in [0.1, 0.15) is 34.1 Å². The van der Waals surface area contributed by atoms with Crippen molar-refractivity contribution in [3.05, 3.63) is 0 Å². The third-order valence-electron chi connectivity index (χ3n) is 3.81. The van der Waals surface area contributed by atoms with E-state index in [1.165, 1.54) is 0 Å². The normalized spacial score (nSPS) is 19.1. The first-order valence-electron chi connectivity index (χ1n) is 6.51. The van der Waals surface area contributed by atoms with Crippen LogP contribution in [0.5, 0.6) is 0 Å². The third kappa shape index (κ3) is 3.98. The van der Waals surface area contributed by atoms with Crippen LogP contribution in [0.3, 0.4) is 0 Å². The van der Waals surface area contributed by atoms with Gasteiger partial charge in [-0.1, -0.05) is 13.8 Å². The lowest BCUT2D eigenvalue weighted by atomic mass is 9.87. The molecule has 1 aliphatic heterocycles. The molecular weight excluding hydrogens is 232 g/mol. The summed E-state index contributed by atoms with van der Waals surface area (Å²) in [7, 11) is 0. The molecule has 1 amide bonds. The quantitative estimate of drug-likeness (QED) is 0.742. The van der Waals surface area contributed by atoms with Crippen LogP contribution < -0.4 is 5.32 Å². The molecule has 0 aromatic carbocycles. The van der Waals surface area contributed by atoms with E-state index in [0.29, 0.717) is 19.6 Å². The molecule has 0 saturated carbocycles. The summed E-state index contributed by atoms with van der Waals surface area (Å²) < 4.78 is 0. The van der Waals surface area contributed by atoms with Crippen molar-refractivity contribution in [2.45, 2.75) is 39.7 Å². The highest BCUT2D eigenvalue weighted by atomic mass is 16.4. The summed E-state index contributed by atoms with van der Waals surface area (Å²) in [6, 6.07) is 0. The molecule has 0 radical (unpaired) electrons. The first kappa shape index (κ1) is 15.0. The minimum Gasteiger partial charge on any atom is -0.481 e. The van der Waals surface area contributed by atoms with Crippen LogP contribution in [-0.4, -0.2) is 47.1 Å². The van der Waals surface area contributed by atoms with Gasteiger partial charge in [0.2, 0.25) is 5.91 Å². The minimum atomic E-state index is -0.754. The first-order valence-corrected chi connectivity index (χ1v) is 6.51. The van der Waals surface area contributed by atoms with Gasteiger partial charge in [-0.3, -0.25) is 14.5 Å². The number of likely N-dealkylation sites (tertiary alicyclic amines) is 1. The molecule has 0 aliphatic carbocycles. The van der Waals surface area contributed by atoms with Crippen molar-refractivity contribution in [3.63, 3.8) is 0 Å². The zero-order valence-electron chi connectivity index (χ0n) is 11.7. The van der Waals surface area contributed by atoms with E-state index in [9.17, 15) is 9.59 Å². The van der Waals surface area contributed by atoms with E-state index in [0.717, 1.165) is 6.42 Å². The van der Waals surface area contributed by atoms with Crippen molar-refractivity contribution in [2.75, 3.05) is 19.6 Å². The van der Waals surface area contributed by atoms with Gasteiger partial charge >= 0.3 is 5.97 Å². The molecule has 5 nitrogen and oxygen atoms in total. The maximum Gasteiger partial charge on any atom is 0.306 e. The van der Waals surface area contributed by atoms with E-state index in [-0.39, 0.29) is 23.3 Å². The van der Waals surface area contributed by atoms with Crippen LogP contribution in [0.25, 0.3) is 0 Å². The Hall–Kier alpha value is -1.10. The zero-order chi connectivity index (χ0) is 13.9. The maximum atomic E-state index is 11.8. The lowest BCUT2D eigenvalue weighted by Crippen LogP contribution is -2.55. The number of nitrogens with zero attached hydrogens (tertiary/aromatic N) is 1. The molecule has 0 aromatic heterocycles. The van der Waals surface area contributed by atoms with Crippen LogP contribution in [0.2, 0.25) is 0 Å². The molecule has 104 valence electrons. The van der Waals surface area contributed by atoms with E-state index in [4.69, 9.17) is 5.11 Å². The fourth-order valence-corrected chi connectivity index (χ4v) is 1.97. The average molecular weight is 256 g/mol. The van der Waals surface area contributed by atoms with Gasteiger partial charge in [-0.2, -0.15) is 0 Å². The molecule has 0 aromatic rings. The molecule has 5 heteroatoms. The smallest absolute Gasteiger partial charge is 0.306 e. The van der Waals surface area contributed by atoms with Gasteiger partial charge in [0.1, 0.15) is 0 Å². The van der Waals surface area contributed by atoms with E-state index in [1.54, 1.807) is 6.92 Å². The Bertz CT molecular complexity index is 322. The molecule has 1 rings (SSSR count). The SMILES string of the molecule is CCC(C)(C)NC(=O)CN1CC(C(C)C(=O)O)C1. The molecule has 2 N–H and O–H groups in total. The van der Waals surface area contributed by atoms with Crippen molar-refractivity contribution in [2.24, 2.45) is 11.8 Å². The fourth-order valence-electron chi connectivity index (χ4n) is 1.97. The largest absolute Gasteiger partial charge is 0.481 e. The first-order chi connectivity index (χ1) is 8.25. The number of hydrogen-bond donors (Lipinski definition) is 2. The van der Waals surface area contributed by atoms with Crippen LogP contribution in [0, 0.1) is 11.8 Å². The Morgan fingerprint density at radius 3 is 2.44 bits per heavy atom. The highest BCUT2D eigenvalue weighted by Gasteiger charge is 2.35. The highest BCUT2D eigenvalue weighted by Crippen LogP contribution is 2.23. The molecule has 1 fully saturated rings. The predicted octanol–water partition coefficient (Wildman–Crippen LogP) is 0.944. The lowest BCUT2D eigenvalue weighted by molar-refractivity contribution is -0.145. The van der Waals surface area contributed by atoms with Crippen molar-refractivity contribution in [3.8, 4) is 0 Å². The van der Waals surface area contributed by atoms with Gasteiger partial charge < -0.3 is 10.4 Å². The molecule has 0 spiro atoms. The predicted molar refractivity (Wildman–Crippen MR) is 69.2 cm³/mol. The summed E-state index contributed by atoms with van der Waals surface area (Å²) >= 11 is 0. The second-order valence-electron chi connectivity index (χ2n) is 5.87. The Balaban J connectivity index is 2.28. The zero-order valence-corrected chi connectivity index (χ0v) is 11.7. The Kier molecular flexibility index (Phi) is 4.73. The molecule has 1 unspecified atom stereocenters. The fraction of sp³-hybridized carbons (Fsp3) is 0.846. The van der Waals surface area contributed by atoms with E-state index in [2.05, 4.69) is 5.32 Å². The summed E-state index contributed by atoms with van der Waals surface area (Å²) in [4.78, 5) is 24.5. The Labute approximate surface area is 109 Å². The van der Waals surface area contributed by atoms with Gasteiger partial charge in [-0.15, -0.1) is 0 Å². The standard InChI is InChI=1S/C13H24N2O3/c1-5-13(3,4)14-11(16)8-15-6-10(7-15)9(2)12(17)18/h9-10H,5-8H2,1-4H3,(H,14,16)(H,17,18). The number of carbonyl (C=O) groups excluding carboxylic acids is 1. The van der Waals surface area contributed by atoms with Gasteiger partial charge in [0, 0.05) is 18.6 Å². The lowest BCUT2D eigenvalue weighted by Gasteiger charge is -2.41. The van der Waals surface area contributed by atoms with E-state index in [1.807, 2.05) is 25.7 Å². The molecule has 1 saturated heterocycles. The molecule has 1 heterocycles. The summed E-state index contributed by atoms with van der Waals surface area (Å²) in [5.41, 5.74) is -0.171. The van der Waals surface area contributed by atoms with Crippen LogP contribution in [0.4, 0.5) is 0 Å². The monoisotopic (exact) mass is 256 g/mol. The second kappa shape index (κ2) is 5.69. The van der Waals surface area contributed by atoms with Crippen molar-refractivity contribution < 1.29 is 14.7 Å². The molecule has 0 bridgehead atoms. The van der Waals surface area contributed by atoms with Crippen LogP contribution >= 0.6 is 0 Å². The van der Waals surface area contributed by atoms with E-state index < -0.39 is 5.97 Å². The number of carbonyl (C=O) groups is 2. The summed E-state index contributed by atoms with van der Waals surface area (Å²) in [5.74, 6) is -0.884. The number of nitrogens with one attached hydrogen (secondary N) is 1. The topological polar surface area (TPSA) is 69.6 Å². The number of rotatable bonds is 6. The Morgan fingerprint density at radius 2 is 2.00 bits per heavy atom. The third-order valence-corrected chi connectivity index (χ3v) is 3.81. The van der Waals surface area contributed by atoms with Gasteiger partial charge in [0.15, 0.2) is 0 Å². The van der Waals surface area contributed by atoms with Gasteiger partial charge in [0.25, 0.3) is 0 Å². The maximum absolute atomic E-state index is 11.8. The number of aliphatic carboxylic acids is 1. The van der Waals surface area contributed by atoms with Crippen molar-refractivity contribution >= 4 is 11.9 Å². The number of carboxylic acid groups (broad SMARTS) is 1. The van der Waals surface area contributed by atoms with Crippen molar-refractivity contribution in [1.29, 1.82) is 0 Å². The minimum absolute atomic E-state index is 0.0169. The van der Waals surface area contributed by atoms with Crippen molar-refractivity contribution in [1.82, 2.24) is 10.2 Å². The van der Waals surface area contributed by atoms with Crippen LogP contribution in [-0.2, 0) is 9.59 Å². The average Bonchev–Trinajstić information content (AvgIpc) is 2.21. The van der Waals surface area contributed by atoms with Gasteiger partial charge in [-0.05, 0) is 26.2 Å². The number of carboxylic acids is 1.